The van der Waals surface area contributed by atoms with Crippen LogP contribution in [-0.2, 0) is 19.2 Å². The quantitative estimate of drug-likeness (QED) is 0.208. The van der Waals surface area contributed by atoms with E-state index in [0.29, 0.717) is 53.0 Å². The maximum Gasteiger partial charge on any atom is 0.249 e. The first-order valence-corrected chi connectivity index (χ1v) is 19.7. The standard InChI is InChI=1S/C39H51ClN8O4S.ClH/c1-24-21-45(22-25(2)46(24)23-35(50)43-28-10-15-33(42-20-28)31-14-16-34(49)44-36(31)51)17-5-6-26-7-11-29(12-8-26)48-38(53)47(37(52)39(48,3)4)30-13-9-27(19-41)32(40)18-30;/h9-10,13,15,18,20,24-26,29,31,38,53H,5-8,11-12,14,16-17,21-23H2,1-4H3,(H,43,50)(H,44,49,51);1H/t24-,25+,26?,29?,31?,38?;. The largest absolute Gasteiger partial charge is 0.324 e. The highest BCUT2D eigenvalue weighted by Crippen LogP contribution is 2.43. The van der Waals surface area contributed by atoms with Crippen LogP contribution in [0.5, 0.6) is 0 Å². The highest BCUT2D eigenvalue weighted by atomic mass is 35.5. The molecule has 12 nitrogen and oxygen atoms in total. The van der Waals surface area contributed by atoms with E-state index in [4.69, 9.17) is 24.2 Å². The molecule has 4 fully saturated rings. The van der Waals surface area contributed by atoms with E-state index in [0.717, 1.165) is 51.7 Å². The molecule has 0 radical (unpaired) electrons. The summed E-state index contributed by atoms with van der Waals surface area (Å²) in [6.07, 6.45) is 8.91. The number of amides is 4. The molecular weight excluding hydrogens is 747 g/mol. The number of hydrogen-bond acceptors (Lipinski definition) is 10. The normalized spacial score (nSPS) is 27.9. The molecule has 4 amide bonds. The molecule has 1 aliphatic carbocycles. The van der Waals surface area contributed by atoms with Crippen LogP contribution in [0.1, 0.15) is 96.2 Å². The molecule has 2 aromatic rings. The number of nitrogens with one attached hydrogen (secondary N) is 2. The van der Waals surface area contributed by atoms with E-state index in [9.17, 15) is 24.4 Å². The smallest absolute Gasteiger partial charge is 0.249 e. The van der Waals surface area contributed by atoms with Crippen molar-refractivity contribution in [2.75, 3.05) is 36.4 Å². The molecule has 6 rings (SSSR count). The summed E-state index contributed by atoms with van der Waals surface area (Å²) >= 11 is 11.3. The first-order valence-electron chi connectivity index (χ1n) is 18.8. The number of nitriles is 1. The fraction of sp³-hybridized carbons (Fsp3) is 0.590. The minimum Gasteiger partial charge on any atom is -0.324 e. The topological polar surface area (TPSA) is 142 Å². The molecule has 54 heavy (non-hydrogen) atoms. The highest BCUT2D eigenvalue weighted by molar-refractivity contribution is 7.81. The summed E-state index contributed by atoms with van der Waals surface area (Å²) < 4.78 is 0. The average Bonchev–Trinajstić information content (AvgIpc) is 3.29. The van der Waals surface area contributed by atoms with Crippen molar-refractivity contribution in [3.63, 3.8) is 0 Å². The fourth-order valence-corrected chi connectivity index (χ4v) is 9.80. The molecule has 2 N–H and O–H groups in total. The second-order valence-electron chi connectivity index (χ2n) is 15.7. The van der Waals surface area contributed by atoms with Gasteiger partial charge in [0.05, 0.1) is 46.2 Å². The van der Waals surface area contributed by atoms with Gasteiger partial charge in [-0.25, -0.2) is 0 Å². The van der Waals surface area contributed by atoms with E-state index in [2.05, 4.69) is 50.2 Å². The van der Waals surface area contributed by atoms with Crippen LogP contribution in [-0.4, -0.2) is 98.7 Å². The molecule has 1 aromatic heterocycles. The zero-order valence-corrected chi connectivity index (χ0v) is 33.9. The number of benzene rings is 1. The molecule has 4 aliphatic rings. The maximum atomic E-state index is 13.7. The Kier molecular flexibility index (Phi) is 13.7. The summed E-state index contributed by atoms with van der Waals surface area (Å²) in [5.74, 6) is -0.493. The van der Waals surface area contributed by atoms with Crippen LogP contribution in [0.2, 0.25) is 5.02 Å². The number of thiol groups is 1. The monoisotopic (exact) mass is 798 g/mol. The number of carbonyl (C=O) groups is 4. The Hall–Kier alpha value is -3.25. The maximum absolute atomic E-state index is 13.7. The third-order valence-corrected chi connectivity index (χ3v) is 12.5. The van der Waals surface area contributed by atoms with Gasteiger partial charge in [-0.2, -0.15) is 5.26 Å². The van der Waals surface area contributed by atoms with E-state index >= 15 is 0 Å². The van der Waals surface area contributed by atoms with Crippen LogP contribution in [0, 0.1) is 17.2 Å². The summed E-state index contributed by atoms with van der Waals surface area (Å²) in [6, 6.07) is 11.4. The van der Waals surface area contributed by atoms with E-state index in [1.807, 2.05) is 13.8 Å². The molecule has 0 spiro atoms. The number of piperidine rings is 1. The van der Waals surface area contributed by atoms with Crippen molar-refractivity contribution in [1.82, 2.24) is 25.0 Å². The lowest BCUT2D eigenvalue weighted by molar-refractivity contribution is -0.134. The predicted molar refractivity (Wildman–Crippen MR) is 215 cm³/mol. The molecule has 2 unspecified atom stereocenters. The van der Waals surface area contributed by atoms with Gasteiger partial charge in [0.2, 0.25) is 23.6 Å². The van der Waals surface area contributed by atoms with Gasteiger partial charge in [-0.15, -0.1) is 25.0 Å². The molecular formula is C39H52Cl2N8O4S. The lowest BCUT2D eigenvalue weighted by Crippen LogP contribution is -2.58. The minimum absolute atomic E-state index is 0. The molecule has 1 saturated carbocycles. The SMILES string of the molecule is C[C@@H]1CN(CCCC2CCC(N3C(S)N(c4ccc(C#N)c(Cl)c4)C(=O)C3(C)C)CC2)C[C@H](C)N1CC(=O)Nc1ccc(C2CCC(=O)NC2=O)nc1.Cl. The molecule has 3 saturated heterocycles. The Labute approximate surface area is 335 Å². The van der Waals surface area contributed by atoms with Crippen molar-refractivity contribution in [1.29, 1.82) is 5.26 Å². The van der Waals surface area contributed by atoms with Gasteiger partial charge in [-0.1, -0.05) is 11.6 Å². The second kappa shape index (κ2) is 17.7. The van der Waals surface area contributed by atoms with Crippen molar-refractivity contribution in [3.8, 4) is 6.07 Å². The summed E-state index contributed by atoms with van der Waals surface area (Å²) in [5.41, 5.74) is 1.10. The van der Waals surface area contributed by atoms with Crippen LogP contribution in [0.25, 0.3) is 0 Å². The predicted octanol–water partition coefficient (Wildman–Crippen LogP) is 5.56. The molecule has 0 bridgehead atoms. The van der Waals surface area contributed by atoms with Gasteiger partial charge in [-0.05, 0) is 115 Å². The first kappa shape index (κ1) is 41.9. The van der Waals surface area contributed by atoms with Crippen LogP contribution in [0.15, 0.2) is 36.5 Å². The van der Waals surface area contributed by atoms with Gasteiger partial charge < -0.3 is 10.2 Å². The molecule has 4 heterocycles. The zero-order chi connectivity index (χ0) is 38.0. The van der Waals surface area contributed by atoms with E-state index < -0.39 is 17.0 Å². The van der Waals surface area contributed by atoms with Crippen LogP contribution in [0.4, 0.5) is 11.4 Å². The number of anilines is 2. The number of carbonyl (C=O) groups excluding carboxylic acids is 4. The van der Waals surface area contributed by atoms with Crippen LogP contribution < -0.4 is 15.5 Å². The molecule has 1 aromatic carbocycles. The zero-order valence-electron chi connectivity index (χ0n) is 31.5. The molecule has 292 valence electrons. The van der Waals surface area contributed by atoms with Crippen molar-refractivity contribution in [2.45, 2.75) is 114 Å². The van der Waals surface area contributed by atoms with Gasteiger partial charge >= 0.3 is 0 Å². The lowest BCUT2D eigenvalue weighted by Gasteiger charge is -2.44. The number of piperazine rings is 1. The number of hydrogen-bond donors (Lipinski definition) is 3. The van der Waals surface area contributed by atoms with Crippen LogP contribution >= 0.6 is 36.6 Å². The third-order valence-electron chi connectivity index (χ3n) is 11.7. The third kappa shape index (κ3) is 9.06. The summed E-state index contributed by atoms with van der Waals surface area (Å²) in [4.78, 5) is 63.5. The molecule has 3 aliphatic heterocycles. The Morgan fingerprint density at radius 1 is 1.07 bits per heavy atom. The van der Waals surface area contributed by atoms with E-state index in [1.54, 1.807) is 41.4 Å². The van der Waals surface area contributed by atoms with E-state index in [1.165, 1.54) is 6.42 Å². The van der Waals surface area contributed by atoms with Gasteiger partial charge in [0.25, 0.3) is 0 Å². The van der Waals surface area contributed by atoms with Gasteiger partial charge in [0.15, 0.2) is 0 Å². The van der Waals surface area contributed by atoms with Crippen molar-refractivity contribution >= 4 is 71.6 Å². The van der Waals surface area contributed by atoms with Crippen molar-refractivity contribution in [3.05, 3.63) is 52.8 Å². The molecule has 15 heteroatoms. The summed E-state index contributed by atoms with van der Waals surface area (Å²) in [5, 5.41) is 14.9. The number of aromatic nitrogens is 1. The number of halogens is 2. The van der Waals surface area contributed by atoms with Crippen molar-refractivity contribution in [2.24, 2.45) is 5.92 Å². The highest BCUT2D eigenvalue weighted by Gasteiger charge is 2.54. The second-order valence-corrected chi connectivity index (χ2v) is 16.6. The van der Waals surface area contributed by atoms with Crippen LogP contribution in [0.3, 0.4) is 0 Å². The van der Waals surface area contributed by atoms with Gasteiger partial charge in [0.1, 0.15) is 11.6 Å². The Morgan fingerprint density at radius 3 is 2.39 bits per heavy atom. The van der Waals surface area contributed by atoms with Gasteiger partial charge in [-0.3, -0.25) is 44.2 Å². The first-order chi connectivity index (χ1) is 25.3. The Morgan fingerprint density at radius 2 is 1.78 bits per heavy atom. The number of nitrogens with zero attached hydrogens (tertiary/aromatic N) is 6. The van der Waals surface area contributed by atoms with E-state index in [-0.39, 0.29) is 54.2 Å². The number of rotatable bonds is 10. The Bertz CT molecular complexity index is 1740. The number of imide groups is 1. The Balaban J connectivity index is 0.00000561. The minimum atomic E-state index is -0.706. The molecule has 4 atom stereocenters. The summed E-state index contributed by atoms with van der Waals surface area (Å²) in [6.45, 7) is 11.5. The average molecular weight is 800 g/mol. The number of pyridine rings is 1. The fourth-order valence-electron chi connectivity index (χ4n) is 8.87. The van der Waals surface area contributed by atoms with Crippen molar-refractivity contribution < 1.29 is 19.2 Å². The lowest BCUT2D eigenvalue weighted by atomic mass is 9.81. The summed E-state index contributed by atoms with van der Waals surface area (Å²) in [7, 11) is 0. The van der Waals surface area contributed by atoms with Gasteiger partial charge in [0, 0.05) is 43.3 Å².